The Morgan fingerprint density at radius 3 is 2.81 bits per heavy atom. The molecule has 9 heteroatoms. The zero-order valence-corrected chi connectivity index (χ0v) is 19.7. The monoisotopic (exact) mass is 537 g/mol. The van der Waals surface area contributed by atoms with Gasteiger partial charge in [-0.05, 0) is 55.6 Å². The molecule has 1 spiro atoms. The number of aromatic nitrogens is 2. The number of nitrogens with one attached hydrogen (secondary N) is 2. The minimum Gasteiger partial charge on any atom is -0.356 e. The SMILES string of the molecule is CN(C)C/C=C/C(=O)N1CCC2(CC1)CNC(=O)c1c2[nH]c(-c2ccncc2F)c1I. The van der Waals surface area contributed by atoms with Crippen LogP contribution in [0.15, 0.2) is 30.6 Å². The lowest BCUT2D eigenvalue weighted by Gasteiger charge is -2.43. The van der Waals surface area contributed by atoms with Crippen LogP contribution in [-0.2, 0) is 10.2 Å². The smallest absolute Gasteiger partial charge is 0.254 e. The summed E-state index contributed by atoms with van der Waals surface area (Å²) in [5.41, 5.74) is 2.14. The minimum absolute atomic E-state index is 0.0115. The topological polar surface area (TPSA) is 81.3 Å². The second-order valence-electron chi connectivity index (χ2n) is 8.37. The summed E-state index contributed by atoms with van der Waals surface area (Å²) in [7, 11) is 3.91. The van der Waals surface area contributed by atoms with Gasteiger partial charge in [-0.3, -0.25) is 14.6 Å². The van der Waals surface area contributed by atoms with E-state index in [1.807, 2.05) is 30.0 Å². The molecule has 2 aromatic heterocycles. The van der Waals surface area contributed by atoms with E-state index in [-0.39, 0.29) is 17.2 Å². The molecule has 4 heterocycles. The number of fused-ring (bicyclic) bond motifs is 2. The fourth-order valence-corrected chi connectivity index (χ4v) is 5.27. The number of amides is 2. The number of likely N-dealkylation sites (tertiary alicyclic amines) is 1. The molecule has 0 aromatic carbocycles. The molecule has 0 saturated carbocycles. The molecule has 0 radical (unpaired) electrons. The maximum absolute atomic E-state index is 14.4. The number of carbonyl (C=O) groups excluding carboxylic acids is 2. The molecular formula is C22H25FIN5O2. The molecule has 2 aliphatic rings. The molecule has 1 saturated heterocycles. The Morgan fingerprint density at radius 2 is 2.13 bits per heavy atom. The first-order valence-electron chi connectivity index (χ1n) is 10.2. The van der Waals surface area contributed by atoms with Crippen molar-refractivity contribution in [2.24, 2.45) is 0 Å². The van der Waals surface area contributed by atoms with E-state index in [4.69, 9.17) is 0 Å². The summed E-state index contributed by atoms with van der Waals surface area (Å²) in [6, 6.07) is 1.61. The van der Waals surface area contributed by atoms with Gasteiger partial charge in [-0.25, -0.2) is 4.39 Å². The maximum Gasteiger partial charge on any atom is 0.254 e. The van der Waals surface area contributed by atoms with Crippen LogP contribution in [0.1, 0.15) is 28.9 Å². The average molecular weight is 537 g/mol. The predicted octanol–water partition coefficient (Wildman–Crippen LogP) is 2.54. The minimum atomic E-state index is -0.432. The van der Waals surface area contributed by atoms with Crippen LogP contribution in [0, 0.1) is 9.39 Å². The number of hydrogen-bond donors (Lipinski definition) is 2. The molecule has 2 amide bonds. The van der Waals surface area contributed by atoms with Crippen LogP contribution in [-0.4, -0.2) is 71.9 Å². The summed E-state index contributed by atoms with van der Waals surface area (Å²) in [6.07, 6.45) is 7.67. The molecule has 0 unspecified atom stereocenters. The number of piperidine rings is 1. The van der Waals surface area contributed by atoms with Gasteiger partial charge in [-0.1, -0.05) is 6.08 Å². The van der Waals surface area contributed by atoms with E-state index in [0.29, 0.717) is 46.6 Å². The van der Waals surface area contributed by atoms with Crippen molar-refractivity contribution in [2.75, 3.05) is 40.3 Å². The number of pyridine rings is 1. The van der Waals surface area contributed by atoms with Crippen molar-refractivity contribution in [2.45, 2.75) is 18.3 Å². The van der Waals surface area contributed by atoms with Crippen LogP contribution in [0.25, 0.3) is 11.3 Å². The summed E-state index contributed by atoms with van der Waals surface area (Å²) in [6.45, 7) is 2.43. The molecule has 31 heavy (non-hydrogen) atoms. The van der Waals surface area contributed by atoms with E-state index in [2.05, 4.69) is 37.9 Å². The molecule has 7 nitrogen and oxygen atoms in total. The van der Waals surface area contributed by atoms with Crippen molar-refractivity contribution < 1.29 is 14.0 Å². The highest BCUT2D eigenvalue weighted by Crippen LogP contribution is 2.43. The van der Waals surface area contributed by atoms with Gasteiger partial charge >= 0.3 is 0 Å². The number of likely N-dealkylation sites (N-methyl/N-ethyl adjacent to an activating group) is 1. The highest BCUT2D eigenvalue weighted by molar-refractivity contribution is 14.1. The molecule has 2 aromatic rings. The Kier molecular flexibility index (Phi) is 6.16. The van der Waals surface area contributed by atoms with Gasteiger partial charge in [0.25, 0.3) is 5.91 Å². The number of H-pyrrole nitrogens is 1. The van der Waals surface area contributed by atoms with E-state index in [1.165, 1.54) is 12.4 Å². The predicted molar refractivity (Wildman–Crippen MR) is 124 cm³/mol. The number of carbonyl (C=O) groups is 2. The largest absolute Gasteiger partial charge is 0.356 e. The molecule has 1 fully saturated rings. The molecule has 4 rings (SSSR count). The summed E-state index contributed by atoms with van der Waals surface area (Å²) >= 11 is 2.11. The third-order valence-corrected chi connectivity index (χ3v) is 7.17. The van der Waals surface area contributed by atoms with Gasteiger partial charge in [0.15, 0.2) is 5.82 Å². The standard InChI is InChI=1S/C22H25FIN5O2/c1-28(2)9-3-4-16(30)29-10-6-22(7-11-29)13-26-21(31)17-18(24)19(27-20(17)22)14-5-8-25-12-15(14)23/h3-5,8,12,27H,6-7,9-11,13H2,1-2H3,(H,26,31)/b4-3+. The van der Waals surface area contributed by atoms with E-state index in [9.17, 15) is 14.0 Å². The number of hydrogen-bond acceptors (Lipinski definition) is 4. The number of halogens is 2. The zero-order chi connectivity index (χ0) is 22.2. The van der Waals surface area contributed by atoms with Crippen LogP contribution in [0.2, 0.25) is 0 Å². The fourth-order valence-electron chi connectivity index (χ4n) is 4.33. The Labute approximate surface area is 194 Å². The lowest BCUT2D eigenvalue weighted by Crippen LogP contribution is -2.53. The molecule has 2 aliphatic heterocycles. The zero-order valence-electron chi connectivity index (χ0n) is 17.5. The normalized spacial score (nSPS) is 18.0. The van der Waals surface area contributed by atoms with Crippen LogP contribution in [0.5, 0.6) is 0 Å². The third kappa shape index (κ3) is 4.12. The summed E-state index contributed by atoms with van der Waals surface area (Å²) in [4.78, 5) is 36.3. The second kappa shape index (κ2) is 8.70. The van der Waals surface area contributed by atoms with Crippen LogP contribution in [0.4, 0.5) is 4.39 Å². The number of rotatable bonds is 4. The van der Waals surface area contributed by atoms with E-state index >= 15 is 0 Å². The molecular weight excluding hydrogens is 512 g/mol. The van der Waals surface area contributed by atoms with Crippen molar-refractivity contribution in [3.63, 3.8) is 0 Å². The third-order valence-electron chi connectivity index (χ3n) is 6.09. The second-order valence-corrected chi connectivity index (χ2v) is 9.45. The molecule has 164 valence electrons. The van der Waals surface area contributed by atoms with Gasteiger partial charge in [0.1, 0.15) is 0 Å². The Morgan fingerprint density at radius 1 is 1.39 bits per heavy atom. The van der Waals surface area contributed by atoms with Crippen LogP contribution < -0.4 is 5.32 Å². The van der Waals surface area contributed by atoms with Gasteiger partial charge in [0.05, 0.1) is 21.0 Å². The van der Waals surface area contributed by atoms with Gasteiger partial charge in [0, 0.05) is 55.1 Å². The first-order chi connectivity index (χ1) is 14.8. The molecule has 2 N–H and O–H groups in total. The highest BCUT2D eigenvalue weighted by atomic mass is 127. The van der Waals surface area contributed by atoms with E-state index in [0.717, 1.165) is 18.5 Å². The number of nitrogens with zero attached hydrogens (tertiary/aromatic N) is 3. The van der Waals surface area contributed by atoms with Crippen molar-refractivity contribution in [1.82, 2.24) is 25.1 Å². The van der Waals surface area contributed by atoms with Gasteiger partial charge in [0.2, 0.25) is 5.91 Å². The van der Waals surface area contributed by atoms with Gasteiger partial charge < -0.3 is 20.1 Å². The van der Waals surface area contributed by atoms with Crippen molar-refractivity contribution in [3.8, 4) is 11.3 Å². The Balaban J connectivity index is 1.60. The van der Waals surface area contributed by atoms with Gasteiger partial charge in [-0.15, -0.1) is 0 Å². The first kappa shape index (κ1) is 21.9. The quantitative estimate of drug-likeness (QED) is 0.464. The van der Waals surface area contributed by atoms with E-state index in [1.54, 1.807) is 12.1 Å². The fraction of sp³-hybridized carbons (Fsp3) is 0.409. The summed E-state index contributed by atoms with van der Waals surface area (Å²) in [5.74, 6) is -0.567. The number of aromatic amines is 1. The maximum atomic E-state index is 14.4. The summed E-state index contributed by atoms with van der Waals surface area (Å²) in [5, 5.41) is 3.02. The van der Waals surface area contributed by atoms with Gasteiger partial charge in [-0.2, -0.15) is 0 Å². The molecule has 0 bridgehead atoms. The lowest BCUT2D eigenvalue weighted by molar-refractivity contribution is -0.127. The van der Waals surface area contributed by atoms with Crippen LogP contribution >= 0.6 is 22.6 Å². The van der Waals surface area contributed by atoms with E-state index < -0.39 is 5.82 Å². The van der Waals surface area contributed by atoms with Crippen molar-refractivity contribution in [3.05, 3.63) is 51.3 Å². The first-order valence-corrected chi connectivity index (χ1v) is 11.3. The average Bonchev–Trinajstić information content (AvgIpc) is 3.10. The van der Waals surface area contributed by atoms with Crippen molar-refractivity contribution in [1.29, 1.82) is 0 Å². The summed E-state index contributed by atoms with van der Waals surface area (Å²) < 4.78 is 15.1. The highest BCUT2D eigenvalue weighted by Gasteiger charge is 2.45. The van der Waals surface area contributed by atoms with Crippen molar-refractivity contribution >= 4 is 34.4 Å². The molecule has 0 atom stereocenters. The Bertz CT molecular complexity index is 1040. The lowest BCUT2D eigenvalue weighted by atomic mass is 9.72. The Hall–Kier alpha value is -2.27. The van der Waals surface area contributed by atoms with Crippen LogP contribution in [0.3, 0.4) is 0 Å². The molecule has 0 aliphatic carbocycles.